The molecule has 10 nitrogen and oxygen atoms in total. The van der Waals surface area contributed by atoms with E-state index in [1.807, 2.05) is 31.2 Å². The van der Waals surface area contributed by atoms with Gasteiger partial charge in [-0.25, -0.2) is 9.89 Å². The quantitative estimate of drug-likeness (QED) is 0.417. The Morgan fingerprint density at radius 2 is 2.00 bits per heavy atom. The fraction of sp³-hybridized carbons (Fsp3) is 0.250. The van der Waals surface area contributed by atoms with Gasteiger partial charge in [0, 0.05) is 17.3 Å². The summed E-state index contributed by atoms with van der Waals surface area (Å²) in [5.74, 6) is 0.766. The first-order valence-corrected chi connectivity index (χ1v) is 13.3. The Labute approximate surface area is 229 Å². The van der Waals surface area contributed by atoms with Crippen LogP contribution in [0, 0.1) is 0 Å². The molecule has 3 aromatic rings. The molecular weight excluding hydrogens is 518 g/mol. The Kier molecular flexibility index (Phi) is 7.78. The summed E-state index contributed by atoms with van der Waals surface area (Å²) in [5.41, 5.74) is 1.95. The van der Waals surface area contributed by atoms with E-state index in [9.17, 15) is 14.4 Å². The van der Waals surface area contributed by atoms with Crippen molar-refractivity contribution in [1.29, 1.82) is 0 Å². The fourth-order valence-electron chi connectivity index (χ4n) is 4.23. The lowest BCUT2D eigenvalue weighted by molar-refractivity contribution is -0.128. The normalized spacial score (nSPS) is 16.5. The highest BCUT2D eigenvalue weighted by Crippen LogP contribution is 2.36. The number of carbonyl (C=O) groups is 3. The minimum Gasteiger partial charge on any atom is -0.497 e. The van der Waals surface area contributed by atoms with Gasteiger partial charge in [-0.1, -0.05) is 36.9 Å². The monoisotopic (exact) mass is 545 g/mol. The molecule has 200 valence electrons. The lowest BCUT2D eigenvalue weighted by Gasteiger charge is -2.27. The van der Waals surface area contributed by atoms with Gasteiger partial charge in [-0.3, -0.25) is 19.4 Å². The number of hydrogen-bond donors (Lipinski definition) is 2. The molecule has 1 aromatic heterocycles. The van der Waals surface area contributed by atoms with Crippen molar-refractivity contribution in [3.63, 3.8) is 0 Å². The molecule has 11 heteroatoms. The Bertz CT molecular complexity index is 1450. The second kappa shape index (κ2) is 11.6. The summed E-state index contributed by atoms with van der Waals surface area (Å²) in [7, 11) is 1.56. The van der Waals surface area contributed by atoms with Crippen molar-refractivity contribution in [2.24, 2.45) is 9.98 Å². The Hall–Kier alpha value is -4.38. The van der Waals surface area contributed by atoms with Crippen molar-refractivity contribution in [3.8, 4) is 5.75 Å². The third-order valence-electron chi connectivity index (χ3n) is 6.21. The molecule has 0 unspecified atom stereocenters. The molecule has 3 amide bonds. The van der Waals surface area contributed by atoms with E-state index in [0.29, 0.717) is 45.9 Å². The van der Waals surface area contributed by atoms with E-state index in [1.165, 1.54) is 22.9 Å². The maximum atomic E-state index is 13.5. The highest BCUT2D eigenvalue weighted by Gasteiger charge is 2.43. The first-order chi connectivity index (χ1) is 19.0. The van der Waals surface area contributed by atoms with Crippen molar-refractivity contribution < 1.29 is 23.5 Å². The zero-order chi connectivity index (χ0) is 27.4. The Balaban J connectivity index is 1.34. The molecule has 0 saturated heterocycles. The van der Waals surface area contributed by atoms with Crippen LogP contribution in [-0.4, -0.2) is 52.0 Å². The van der Waals surface area contributed by atoms with Crippen LogP contribution in [0.4, 0.5) is 11.4 Å². The number of carbonyl (C=O) groups excluding carboxylic acids is 3. The van der Waals surface area contributed by atoms with Gasteiger partial charge in [0.2, 0.25) is 11.8 Å². The standard InChI is InChI=1S/C28H27N5O5S/c1-3-23(26(35)30-17-8-6-9-18(14-17)37-2)39-28-32-21-12-5-4-11-20(21)25-31-22(27(36)33(25)28)15-24(34)29-16-19-10-7-13-38-19/h4-14,22-23H,3,15-16H2,1-2H3,(H,29,34)(H,30,35)/t22-,23-/m0/s1. The van der Waals surface area contributed by atoms with Gasteiger partial charge in [-0.2, -0.15) is 0 Å². The highest BCUT2D eigenvalue weighted by molar-refractivity contribution is 8.15. The number of para-hydroxylation sites is 1. The number of nitrogens with zero attached hydrogens (tertiary/aromatic N) is 3. The maximum absolute atomic E-state index is 13.5. The number of nitrogens with one attached hydrogen (secondary N) is 2. The predicted octanol–water partition coefficient (Wildman–Crippen LogP) is 4.10. The van der Waals surface area contributed by atoms with E-state index in [-0.39, 0.29) is 30.7 Å². The van der Waals surface area contributed by atoms with Crippen LogP contribution in [-0.2, 0) is 20.9 Å². The van der Waals surface area contributed by atoms with Crippen molar-refractivity contribution >= 4 is 51.9 Å². The van der Waals surface area contributed by atoms with E-state index in [2.05, 4.69) is 15.6 Å². The molecule has 0 bridgehead atoms. The molecule has 5 rings (SSSR count). The molecule has 3 heterocycles. The molecule has 0 radical (unpaired) electrons. The van der Waals surface area contributed by atoms with Crippen molar-refractivity contribution in [2.75, 3.05) is 12.4 Å². The maximum Gasteiger partial charge on any atom is 0.259 e. The van der Waals surface area contributed by atoms with Gasteiger partial charge in [-0.05, 0) is 42.8 Å². The van der Waals surface area contributed by atoms with E-state index in [0.717, 1.165) is 0 Å². The van der Waals surface area contributed by atoms with Crippen LogP contribution in [0.25, 0.3) is 0 Å². The molecule has 0 saturated carbocycles. The van der Waals surface area contributed by atoms with E-state index in [1.54, 1.807) is 43.5 Å². The number of hydrogen-bond acceptors (Lipinski definition) is 8. The van der Waals surface area contributed by atoms with Crippen LogP contribution in [0.15, 0.2) is 81.3 Å². The molecular formula is C28H27N5O5S. The molecule has 2 atom stereocenters. The molecule has 2 N–H and O–H groups in total. The van der Waals surface area contributed by atoms with Crippen LogP contribution in [0.1, 0.15) is 31.1 Å². The van der Waals surface area contributed by atoms with Gasteiger partial charge in [0.05, 0.1) is 37.3 Å². The third kappa shape index (κ3) is 5.73. The number of aliphatic imine (C=N–C) groups is 2. The molecule has 0 fully saturated rings. The molecule has 2 aromatic carbocycles. The van der Waals surface area contributed by atoms with Gasteiger partial charge in [0.15, 0.2) is 5.17 Å². The summed E-state index contributed by atoms with van der Waals surface area (Å²) < 4.78 is 10.5. The Morgan fingerprint density at radius 3 is 2.77 bits per heavy atom. The van der Waals surface area contributed by atoms with Crippen LogP contribution < -0.4 is 15.4 Å². The summed E-state index contributed by atoms with van der Waals surface area (Å²) in [6.07, 6.45) is 1.91. The van der Waals surface area contributed by atoms with Gasteiger partial charge >= 0.3 is 0 Å². The first-order valence-electron chi connectivity index (χ1n) is 12.5. The summed E-state index contributed by atoms with van der Waals surface area (Å²) in [5, 5.41) is 5.49. The number of rotatable bonds is 9. The molecule has 2 aliphatic rings. The van der Waals surface area contributed by atoms with E-state index < -0.39 is 11.3 Å². The number of methoxy groups -OCH3 is 1. The summed E-state index contributed by atoms with van der Waals surface area (Å²) in [4.78, 5) is 50.1. The second-order valence-corrected chi connectivity index (χ2v) is 10.0. The summed E-state index contributed by atoms with van der Waals surface area (Å²) in [6.45, 7) is 2.12. The number of thioether (sulfide) groups is 1. The number of amides is 3. The number of furan rings is 1. The fourth-order valence-corrected chi connectivity index (χ4v) is 5.25. The first kappa shape index (κ1) is 26.2. The van der Waals surface area contributed by atoms with Gasteiger partial charge in [-0.15, -0.1) is 0 Å². The Morgan fingerprint density at radius 1 is 1.15 bits per heavy atom. The van der Waals surface area contributed by atoms with E-state index in [4.69, 9.17) is 14.1 Å². The summed E-state index contributed by atoms with van der Waals surface area (Å²) >= 11 is 1.19. The molecule has 2 aliphatic heterocycles. The van der Waals surface area contributed by atoms with Crippen LogP contribution in [0.3, 0.4) is 0 Å². The lowest BCUT2D eigenvalue weighted by atomic mass is 10.1. The minimum absolute atomic E-state index is 0.118. The van der Waals surface area contributed by atoms with Gasteiger partial charge < -0.3 is 19.8 Å². The topological polar surface area (TPSA) is 126 Å². The second-order valence-electron chi connectivity index (χ2n) is 8.85. The molecule has 0 spiro atoms. The van der Waals surface area contributed by atoms with Crippen LogP contribution in [0.5, 0.6) is 5.75 Å². The zero-order valence-corrected chi connectivity index (χ0v) is 22.2. The molecule has 0 aliphatic carbocycles. The van der Waals surface area contributed by atoms with Gasteiger partial charge in [0.1, 0.15) is 23.4 Å². The average molecular weight is 546 g/mol. The highest BCUT2D eigenvalue weighted by atomic mass is 32.2. The number of anilines is 1. The molecule has 39 heavy (non-hydrogen) atoms. The van der Waals surface area contributed by atoms with Crippen LogP contribution in [0.2, 0.25) is 0 Å². The van der Waals surface area contributed by atoms with Crippen LogP contribution >= 0.6 is 11.8 Å². The zero-order valence-electron chi connectivity index (χ0n) is 21.4. The van der Waals surface area contributed by atoms with Gasteiger partial charge in [0.25, 0.3) is 5.91 Å². The van der Waals surface area contributed by atoms with Crippen molar-refractivity contribution in [2.45, 2.75) is 37.6 Å². The van der Waals surface area contributed by atoms with E-state index >= 15 is 0 Å². The lowest BCUT2D eigenvalue weighted by Crippen LogP contribution is -2.43. The smallest absolute Gasteiger partial charge is 0.259 e. The minimum atomic E-state index is -0.903. The summed E-state index contributed by atoms with van der Waals surface area (Å²) in [6, 6.07) is 17.1. The number of amidine groups is 2. The third-order valence-corrected chi connectivity index (χ3v) is 7.53. The van der Waals surface area contributed by atoms with Crippen molar-refractivity contribution in [1.82, 2.24) is 10.2 Å². The average Bonchev–Trinajstić information content (AvgIpc) is 3.59. The number of ether oxygens (including phenoxy) is 1. The van der Waals surface area contributed by atoms with Crippen molar-refractivity contribution in [3.05, 3.63) is 78.3 Å². The SMILES string of the molecule is CC[C@H](SC1=Nc2ccccc2C2=N[C@@H](CC(=O)NCc3ccco3)C(=O)N12)C(=O)Nc1cccc(OC)c1. The number of fused-ring (bicyclic) bond motifs is 3. The predicted molar refractivity (Wildman–Crippen MR) is 149 cm³/mol. The largest absolute Gasteiger partial charge is 0.497 e. The number of benzene rings is 2.